The van der Waals surface area contributed by atoms with Crippen molar-refractivity contribution < 1.29 is 18.6 Å². The lowest BCUT2D eigenvalue weighted by Crippen LogP contribution is -2.67. The van der Waals surface area contributed by atoms with Crippen molar-refractivity contribution >= 4 is 18.7 Å². The van der Waals surface area contributed by atoms with E-state index in [4.69, 9.17) is 18.6 Å². The maximum atomic E-state index is 7.43. The molecular formula is C36H48O4Si. The molecule has 4 nitrogen and oxygen atoms in total. The van der Waals surface area contributed by atoms with E-state index in [2.05, 4.69) is 112 Å². The molecule has 0 bridgehead atoms. The molecule has 3 rings (SSSR count). The Bertz CT molecular complexity index is 1200. The molecule has 0 heterocycles. The first-order chi connectivity index (χ1) is 19.5. The van der Waals surface area contributed by atoms with Gasteiger partial charge < -0.3 is 18.6 Å². The molecule has 0 aliphatic rings. The van der Waals surface area contributed by atoms with E-state index >= 15 is 0 Å². The summed E-state index contributed by atoms with van der Waals surface area (Å²) < 4.78 is 25.2. The number of rotatable bonds is 12. The van der Waals surface area contributed by atoms with Crippen LogP contribution in [0.4, 0.5) is 0 Å². The fraction of sp³-hybridized carbons (Fsp3) is 0.444. The molecule has 0 N–H and O–H groups in total. The van der Waals surface area contributed by atoms with Crippen molar-refractivity contribution in [3.05, 3.63) is 96.1 Å². The van der Waals surface area contributed by atoms with Gasteiger partial charge in [-0.05, 0) is 74.4 Å². The van der Waals surface area contributed by atoms with Crippen LogP contribution in [0.5, 0.6) is 0 Å². The lowest BCUT2D eigenvalue weighted by Gasteiger charge is -2.44. The predicted octanol–water partition coefficient (Wildman–Crippen LogP) is 7.41. The second-order valence-corrected chi connectivity index (χ2v) is 16.5. The van der Waals surface area contributed by atoms with Gasteiger partial charge in [-0.1, -0.05) is 106 Å². The van der Waals surface area contributed by atoms with Crippen LogP contribution >= 0.6 is 0 Å². The predicted molar refractivity (Wildman–Crippen MR) is 172 cm³/mol. The van der Waals surface area contributed by atoms with Crippen molar-refractivity contribution in [2.75, 3.05) is 13.2 Å². The van der Waals surface area contributed by atoms with Gasteiger partial charge in [0.1, 0.15) is 17.8 Å². The third-order valence-electron chi connectivity index (χ3n) is 6.93. The molecule has 0 aliphatic carbocycles. The van der Waals surface area contributed by atoms with Gasteiger partial charge in [-0.3, -0.25) is 0 Å². The third-order valence-corrected chi connectivity index (χ3v) is 12.0. The largest absolute Gasteiger partial charge is 0.441 e. The standard InChI is InChI=1S/C36H48O4Si/c1-9-37-34(38-10-2)33-24-18-17-19-29(33)25-26-30(27-28-39-35(3,4)5)40-41(36(6,7)8,31-20-13-11-14-21-31)32-22-15-12-16-23-32/h11-24,30,34H,9-10,25-26H2,1-8H3. The number of aryl methyl sites for hydroxylation is 1. The van der Waals surface area contributed by atoms with Crippen LogP contribution in [0.2, 0.25) is 5.04 Å². The van der Waals surface area contributed by atoms with Crippen molar-refractivity contribution in [2.45, 2.75) is 91.3 Å². The van der Waals surface area contributed by atoms with Crippen LogP contribution in [0.25, 0.3) is 0 Å². The number of hydrogen-bond acceptors (Lipinski definition) is 4. The molecule has 0 spiro atoms. The highest BCUT2D eigenvalue weighted by Gasteiger charge is 2.51. The highest BCUT2D eigenvalue weighted by atomic mass is 28.4. The summed E-state index contributed by atoms with van der Waals surface area (Å²) in [6.45, 7) is 18.0. The van der Waals surface area contributed by atoms with E-state index in [0.717, 1.165) is 12.0 Å². The van der Waals surface area contributed by atoms with Crippen LogP contribution in [0, 0.1) is 12.0 Å². The first-order valence-electron chi connectivity index (χ1n) is 14.8. The fourth-order valence-electron chi connectivity index (χ4n) is 5.12. The van der Waals surface area contributed by atoms with E-state index in [1.54, 1.807) is 0 Å². The van der Waals surface area contributed by atoms with Gasteiger partial charge in [-0.15, -0.1) is 0 Å². The van der Waals surface area contributed by atoms with Crippen LogP contribution < -0.4 is 10.4 Å². The minimum absolute atomic E-state index is 0.159. The number of benzene rings is 3. The summed E-state index contributed by atoms with van der Waals surface area (Å²) in [6.07, 6.45) is 3.73. The van der Waals surface area contributed by atoms with Crippen molar-refractivity contribution in [3.63, 3.8) is 0 Å². The minimum atomic E-state index is -2.81. The Labute approximate surface area is 249 Å². The summed E-state index contributed by atoms with van der Waals surface area (Å²) in [6, 6.07) is 29.8. The summed E-state index contributed by atoms with van der Waals surface area (Å²) in [5, 5.41) is 2.30. The molecule has 0 aliphatic heterocycles. The molecule has 0 saturated carbocycles. The van der Waals surface area contributed by atoms with Gasteiger partial charge >= 0.3 is 0 Å². The molecule has 3 aromatic rings. The molecule has 0 aromatic heterocycles. The summed E-state index contributed by atoms with van der Waals surface area (Å²) in [4.78, 5) is 0. The molecule has 0 amide bonds. The average Bonchev–Trinajstić information content (AvgIpc) is 2.94. The highest BCUT2D eigenvalue weighted by Crippen LogP contribution is 2.38. The fourth-order valence-corrected chi connectivity index (χ4v) is 9.74. The van der Waals surface area contributed by atoms with E-state index in [1.807, 2.05) is 40.7 Å². The summed E-state index contributed by atoms with van der Waals surface area (Å²) in [5.74, 6) is 3.39. The zero-order valence-electron chi connectivity index (χ0n) is 26.2. The van der Waals surface area contributed by atoms with Crippen LogP contribution in [-0.4, -0.2) is 33.2 Å². The normalized spacial score (nSPS) is 13.0. The average molecular weight is 573 g/mol. The van der Waals surface area contributed by atoms with Crippen molar-refractivity contribution in [2.24, 2.45) is 0 Å². The molecule has 1 atom stereocenters. The minimum Gasteiger partial charge on any atom is -0.441 e. The summed E-state index contributed by atoms with van der Waals surface area (Å²) in [5.41, 5.74) is 1.86. The molecule has 1 unspecified atom stereocenters. The molecule has 0 radical (unpaired) electrons. The lowest BCUT2D eigenvalue weighted by molar-refractivity contribution is -0.140. The first kappa shape index (κ1) is 32.6. The van der Waals surface area contributed by atoms with Gasteiger partial charge in [0.05, 0.1) is 0 Å². The van der Waals surface area contributed by atoms with Crippen molar-refractivity contribution in [1.82, 2.24) is 0 Å². The van der Waals surface area contributed by atoms with Gasteiger partial charge in [0, 0.05) is 18.8 Å². The topological polar surface area (TPSA) is 36.9 Å². The van der Waals surface area contributed by atoms with Crippen LogP contribution in [0.3, 0.4) is 0 Å². The SMILES string of the molecule is CCOC(OCC)c1ccccc1CCC(C#COC(C)(C)C)O[Si](c1ccccc1)(c1ccccc1)C(C)(C)C. The number of hydrogen-bond donors (Lipinski definition) is 0. The highest BCUT2D eigenvalue weighted by molar-refractivity contribution is 6.99. The smallest absolute Gasteiger partial charge is 0.262 e. The van der Waals surface area contributed by atoms with E-state index < -0.39 is 14.6 Å². The second-order valence-electron chi connectivity index (χ2n) is 12.2. The van der Waals surface area contributed by atoms with Crippen LogP contribution in [0.1, 0.15) is 79.2 Å². The van der Waals surface area contributed by atoms with Crippen molar-refractivity contribution in [3.8, 4) is 12.0 Å². The molecule has 5 heteroatoms. The van der Waals surface area contributed by atoms with Gasteiger partial charge in [0.15, 0.2) is 6.29 Å². The van der Waals surface area contributed by atoms with Gasteiger partial charge in [0.2, 0.25) is 0 Å². The maximum Gasteiger partial charge on any atom is 0.262 e. The Morgan fingerprint density at radius 2 is 1.22 bits per heavy atom. The number of ether oxygens (including phenoxy) is 3. The zero-order valence-corrected chi connectivity index (χ0v) is 27.2. The quantitative estimate of drug-likeness (QED) is 0.129. The Kier molecular flexibility index (Phi) is 11.8. The van der Waals surface area contributed by atoms with E-state index in [-0.39, 0.29) is 16.7 Å². The van der Waals surface area contributed by atoms with Crippen LogP contribution in [-0.2, 0) is 25.1 Å². The van der Waals surface area contributed by atoms with Crippen molar-refractivity contribution in [1.29, 1.82) is 0 Å². The van der Waals surface area contributed by atoms with E-state index in [1.165, 1.54) is 15.9 Å². The zero-order chi connectivity index (χ0) is 29.9. The molecule has 41 heavy (non-hydrogen) atoms. The van der Waals surface area contributed by atoms with E-state index in [0.29, 0.717) is 19.6 Å². The molecule has 0 fully saturated rings. The van der Waals surface area contributed by atoms with Gasteiger partial charge in [-0.25, -0.2) is 0 Å². The molecule has 220 valence electrons. The van der Waals surface area contributed by atoms with Gasteiger partial charge in [-0.2, -0.15) is 0 Å². The van der Waals surface area contributed by atoms with E-state index in [9.17, 15) is 0 Å². The second kappa shape index (κ2) is 14.8. The molecule has 0 saturated heterocycles. The Morgan fingerprint density at radius 1 is 0.707 bits per heavy atom. The Hall–Kier alpha value is -2.88. The maximum absolute atomic E-state index is 7.43. The van der Waals surface area contributed by atoms with Gasteiger partial charge in [0.25, 0.3) is 8.32 Å². The Morgan fingerprint density at radius 3 is 1.71 bits per heavy atom. The lowest BCUT2D eigenvalue weighted by atomic mass is 10.0. The monoisotopic (exact) mass is 572 g/mol. The summed E-state index contributed by atoms with van der Waals surface area (Å²) >= 11 is 0. The molecular weight excluding hydrogens is 524 g/mol. The summed E-state index contributed by atoms with van der Waals surface area (Å²) in [7, 11) is -2.81. The Balaban J connectivity index is 2.07. The van der Waals surface area contributed by atoms with Crippen LogP contribution in [0.15, 0.2) is 84.9 Å². The third kappa shape index (κ3) is 8.80. The molecule has 3 aromatic carbocycles. The first-order valence-corrected chi connectivity index (χ1v) is 16.7.